The molecule has 0 aromatic heterocycles. The lowest BCUT2D eigenvalue weighted by Crippen LogP contribution is -2.49. The Labute approximate surface area is 179 Å². The molecule has 2 aromatic carbocycles. The van der Waals surface area contributed by atoms with Crippen LogP contribution in [-0.4, -0.2) is 35.1 Å². The highest BCUT2D eigenvalue weighted by atomic mass is 32.2. The third-order valence-corrected chi connectivity index (χ3v) is 6.05. The van der Waals surface area contributed by atoms with Crippen molar-refractivity contribution in [2.75, 3.05) is 12.3 Å². The minimum Gasteiger partial charge on any atom is -0.355 e. The first-order valence-corrected chi connectivity index (χ1v) is 11.4. The first kappa shape index (κ1) is 23.0. The molecule has 0 aliphatic rings. The number of nitrogens with one attached hydrogen (secondary N) is 1. The van der Waals surface area contributed by atoms with Crippen LogP contribution in [0.1, 0.15) is 42.5 Å². The SMILES string of the molecule is CCNC(=O)[C@@H](CC)N(Cc1ccccc1C)C(=O)CSCc1ccccc1C. The molecule has 156 valence electrons. The maximum absolute atomic E-state index is 13.2. The van der Waals surface area contributed by atoms with Gasteiger partial charge in [0.1, 0.15) is 6.04 Å². The number of thioether (sulfide) groups is 1. The van der Waals surface area contributed by atoms with E-state index in [2.05, 4.69) is 24.4 Å². The number of hydrogen-bond donors (Lipinski definition) is 1. The summed E-state index contributed by atoms with van der Waals surface area (Å²) in [5.41, 5.74) is 4.68. The predicted molar refractivity (Wildman–Crippen MR) is 122 cm³/mol. The first-order chi connectivity index (χ1) is 14.0. The maximum atomic E-state index is 13.2. The van der Waals surface area contributed by atoms with Crippen LogP contribution in [0.2, 0.25) is 0 Å². The molecule has 0 spiro atoms. The van der Waals surface area contributed by atoms with Crippen LogP contribution in [0.4, 0.5) is 0 Å². The normalized spacial score (nSPS) is 11.7. The van der Waals surface area contributed by atoms with Crippen molar-refractivity contribution in [1.82, 2.24) is 10.2 Å². The van der Waals surface area contributed by atoms with Crippen LogP contribution in [-0.2, 0) is 21.9 Å². The fourth-order valence-electron chi connectivity index (χ4n) is 3.29. The Kier molecular flexibility index (Phi) is 9.26. The number of benzene rings is 2. The van der Waals surface area contributed by atoms with E-state index in [1.807, 2.05) is 57.2 Å². The van der Waals surface area contributed by atoms with Crippen molar-refractivity contribution >= 4 is 23.6 Å². The first-order valence-electron chi connectivity index (χ1n) is 10.2. The van der Waals surface area contributed by atoms with Crippen LogP contribution in [0.3, 0.4) is 0 Å². The average molecular weight is 413 g/mol. The molecule has 0 aliphatic carbocycles. The molecule has 29 heavy (non-hydrogen) atoms. The van der Waals surface area contributed by atoms with Crippen LogP contribution in [0, 0.1) is 13.8 Å². The molecule has 0 aliphatic heterocycles. The number of likely N-dealkylation sites (N-methyl/N-ethyl adjacent to an activating group) is 1. The van der Waals surface area contributed by atoms with Crippen molar-refractivity contribution in [1.29, 1.82) is 0 Å². The number of aryl methyl sites for hydroxylation is 2. The third kappa shape index (κ3) is 6.64. The molecule has 4 nitrogen and oxygen atoms in total. The zero-order valence-corrected chi connectivity index (χ0v) is 18.7. The summed E-state index contributed by atoms with van der Waals surface area (Å²) in [4.78, 5) is 27.5. The second kappa shape index (κ2) is 11.7. The number of carbonyl (C=O) groups is 2. The second-order valence-electron chi connectivity index (χ2n) is 7.19. The Hall–Kier alpha value is -2.27. The smallest absolute Gasteiger partial charge is 0.242 e. The van der Waals surface area contributed by atoms with Gasteiger partial charge in [0.2, 0.25) is 11.8 Å². The van der Waals surface area contributed by atoms with E-state index in [0.29, 0.717) is 25.3 Å². The van der Waals surface area contributed by atoms with Gasteiger partial charge in [-0.15, -0.1) is 11.8 Å². The third-order valence-electron chi connectivity index (χ3n) is 5.08. The molecule has 0 heterocycles. The number of rotatable bonds is 10. The lowest BCUT2D eigenvalue weighted by Gasteiger charge is -2.31. The van der Waals surface area contributed by atoms with Gasteiger partial charge in [0.15, 0.2) is 0 Å². The van der Waals surface area contributed by atoms with Crippen molar-refractivity contribution in [3.05, 3.63) is 70.8 Å². The van der Waals surface area contributed by atoms with Gasteiger partial charge in [-0.2, -0.15) is 0 Å². The summed E-state index contributed by atoms with van der Waals surface area (Å²) in [6, 6.07) is 15.8. The summed E-state index contributed by atoms with van der Waals surface area (Å²) in [6.07, 6.45) is 0.589. The van der Waals surface area contributed by atoms with E-state index in [1.165, 1.54) is 11.1 Å². The van der Waals surface area contributed by atoms with E-state index in [9.17, 15) is 9.59 Å². The number of amides is 2. The zero-order valence-electron chi connectivity index (χ0n) is 17.9. The summed E-state index contributed by atoms with van der Waals surface area (Å²) >= 11 is 1.60. The highest BCUT2D eigenvalue weighted by molar-refractivity contribution is 7.99. The quantitative estimate of drug-likeness (QED) is 0.626. The minimum atomic E-state index is -0.457. The number of hydrogen-bond acceptors (Lipinski definition) is 3. The fraction of sp³-hybridized carbons (Fsp3) is 0.417. The molecule has 0 radical (unpaired) electrons. The molecule has 2 aromatic rings. The monoisotopic (exact) mass is 412 g/mol. The Balaban J connectivity index is 2.14. The summed E-state index contributed by atoms with van der Waals surface area (Å²) in [5.74, 6) is 1.07. The van der Waals surface area contributed by atoms with E-state index in [4.69, 9.17) is 0 Å². The van der Waals surface area contributed by atoms with Gasteiger partial charge in [-0.05, 0) is 49.4 Å². The average Bonchev–Trinajstić information content (AvgIpc) is 2.70. The van der Waals surface area contributed by atoms with Crippen LogP contribution in [0.5, 0.6) is 0 Å². The van der Waals surface area contributed by atoms with E-state index >= 15 is 0 Å². The highest BCUT2D eigenvalue weighted by Crippen LogP contribution is 2.20. The molecule has 0 bridgehead atoms. The Morgan fingerprint density at radius 1 is 0.966 bits per heavy atom. The number of nitrogens with zero attached hydrogens (tertiary/aromatic N) is 1. The lowest BCUT2D eigenvalue weighted by atomic mass is 10.1. The van der Waals surface area contributed by atoms with Gasteiger partial charge in [0.05, 0.1) is 5.75 Å². The summed E-state index contributed by atoms with van der Waals surface area (Å²) in [7, 11) is 0. The standard InChI is InChI=1S/C24H32N2O2S/c1-5-22(24(28)25-6-2)26(15-20-13-9-7-11-18(20)3)23(27)17-29-16-21-14-10-8-12-19(21)4/h7-14,22H,5-6,15-17H2,1-4H3,(H,25,28)/t22-/m1/s1. The Morgan fingerprint density at radius 2 is 1.55 bits per heavy atom. The number of carbonyl (C=O) groups excluding carboxylic acids is 2. The van der Waals surface area contributed by atoms with E-state index < -0.39 is 6.04 Å². The fourth-order valence-corrected chi connectivity index (χ4v) is 4.27. The molecule has 0 unspecified atom stereocenters. The largest absolute Gasteiger partial charge is 0.355 e. The van der Waals surface area contributed by atoms with Gasteiger partial charge < -0.3 is 10.2 Å². The van der Waals surface area contributed by atoms with Crippen molar-refractivity contribution in [3.63, 3.8) is 0 Å². The van der Waals surface area contributed by atoms with Gasteiger partial charge in [-0.3, -0.25) is 9.59 Å². The van der Waals surface area contributed by atoms with E-state index in [1.54, 1.807) is 16.7 Å². The highest BCUT2D eigenvalue weighted by Gasteiger charge is 2.28. The van der Waals surface area contributed by atoms with E-state index in [0.717, 1.165) is 16.9 Å². The summed E-state index contributed by atoms with van der Waals surface area (Å²) < 4.78 is 0. The van der Waals surface area contributed by atoms with Crippen LogP contribution >= 0.6 is 11.8 Å². The molecule has 2 amide bonds. The van der Waals surface area contributed by atoms with Gasteiger partial charge in [0.25, 0.3) is 0 Å². The van der Waals surface area contributed by atoms with E-state index in [-0.39, 0.29) is 11.8 Å². The summed E-state index contributed by atoms with van der Waals surface area (Å²) in [5, 5.41) is 2.88. The topological polar surface area (TPSA) is 49.4 Å². The van der Waals surface area contributed by atoms with Gasteiger partial charge in [0, 0.05) is 18.8 Å². The zero-order chi connectivity index (χ0) is 21.2. The van der Waals surface area contributed by atoms with Crippen molar-refractivity contribution in [2.45, 2.75) is 52.5 Å². The second-order valence-corrected chi connectivity index (χ2v) is 8.17. The van der Waals surface area contributed by atoms with Crippen molar-refractivity contribution in [3.8, 4) is 0 Å². The molecular formula is C24H32N2O2S. The van der Waals surface area contributed by atoms with Gasteiger partial charge in [-0.1, -0.05) is 55.5 Å². The maximum Gasteiger partial charge on any atom is 0.242 e. The minimum absolute atomic E-state index is 0.00457. The molecular weight excluding hydrogens is 380 g/mol. The van der Waals surface area contributed by atoms with Crippen LogP contribution in [0.15, 0.2) is 48.5 Å². The Bertz CT molecular complexity index is 822. The molecule has 0 saturated carbocycles. The molecule has 0 fully saturated rings. The Morgan fingerprint density at radius 3 is 2.10 bits per heavy atom. The van der Waals surface area contributed by atoms with Crippen LogP contribution < -0.4 is 5.32 Å². The molecule has 2 rings (SSSR count). The molecule has 0 saturated heterocycles. The van der Waals surface area contributed by atoms with Crippen molar-refractivity contribution < 1.29 is 9.59 Å². The van der Waals surface area contributed by atoms with Crippen LogP contribution in [0.25, 0.3) is 0 Å². The summed E-state index contributed by atoms with van der Waals surface area (Å²) in [6.45, 7) is 8.99. The lowest BCUT2D eigenvalue weighted by molar-refractivity contribution is -0.139. The molecule has 1 N–H and O–H groups in total. The van der Waals surface area contributed by atoms with Gasteiger partial charge in [-0.25, -0.2) is 0 Å². The molecule has 1 atom stereocenters. The van der Waals surface area contributed by atoms with Gasteiger partial charge >= 0.3 is 0 Å². The van der Waals surface area contributed by atoms with Crippen molar-refractivity contribution in [2.24, 2.45) is 0 Å². The predicted octanol–water partition coefficient (Wildman–Crippen LogP) is 4.48. The molecule has 5 heteroatoms.